The summed E-state index contributed by atoms with van der Waals surface area (Å²) in [5.74, 6) is -0.999. The average Bonchev–Trinajstić information content (AvgIpc) is 2.67. The maximum absolute atomic E-state index is 12.3. The van der Waals surface area contributed by atoms with Crippen molar-refractivity contribution in [3.63, 3.8) is 0 Å². The molecule has 2 N–H and O–H groups in total. The molecule has 7 heteroatoms. The Labute approximate surface area is 155 Å². The van der Waals surface area contributed by atoms with Gasteiger partial charge in [-0.25, -0.2) is 9.89 Å². The SMILES string of the molecule is CC(C)c1ccccc1NC(=O)COC(=O)c1n[nH]c(=O)c2ccccc12. The largest absolute Gasteiger partial charge is 0.451 e. The van der Waals surface area contributed by atoms with Gasteiger partial charge < -0.3 is 10.1 Å². The molecule has 0 fully saturated rings. The predicted octanol–water partition coefficient (Wildman–Crippen LogP) is 2.84. The number of carbonyl (C=O) groups is 2. The van der Waals surface area contributed by atoms with E-state index in [-0.39, 0.29) is 11.6 Å². The summed E-state index contributed by atoms with van der Waals surface area (Å²) in [6.45, 7) is 3.59. The lowest BCUT2D eigenvalue weighted by atomic mass is 10.0. The van der Waals surface area contributed by atoms with Gasteiger partial charge in [0.15, 0.2) is 12.3 Å². The van der Waals surface area contributed by atoms with Crippen molar-refractivity contribution in [2.75, 3.05) is 11.9 Å². The Morgan fingerprint density at radius 1 is 1.07 bits per heavy atom. The molecule has 0 radical (unpaired) electrons. The molecule has 1 aromatic heterocycles. The zero-order chi connectivity index (χ0) is 19.4. The summed E-state index contributed by atoms with van der Waals surface area (Å²) < 4.78 is 5.07. The van der Waals surface area contributed by atoms with Crippen LogP contribution in [0.4, 0.5) is 5.69 Å². The number of ether oxygens (including phenoxy) is 1. The first-order valence-corrected chi connectivity index (χ1v) is 8.50. The van der Waals surface area contributed by atoms with E-state index in [1.165, 1.54) is 0 Å². The minimum atomic E-state index is -0.783. The van der Waals surface area contributed by atoms with Gasteiger partial charge in [-0.15, -0.1) is 0 Å². The van der Waals surface area contributed by atoms with Crippen LogP contribution in [0, 0.1) is 0 Å². The van der Waals surface area contributed by atoms with Gasteiger partial charge in [0.25, 0.3) is 11.5 Å². The number of amides is 1. The van der Waals surface area contributed by atoms with Crippen molar-refractivity contribution in [2.45, 2.75) is 19.8 Å². The topological polar surface area (TPSA) is 101 Å². The van der Waals surface area contributed by atoms with Crippen LogP contribution in [0.5, 0.6) is 0 Å². The number of nitrogens with one attached hydrogen (secondary N) is 2. The molecule has 0 aliphatic carbocycles. The molecule has 27 heavy (non-hydrogen) atoms. The summed E-state index contributed by atoms with van der Waals surface area (Å²) in [7, 11) is 0. The molecule has 7 nitrogen and oxygen atoms in total. The summed E-state index contributed by atoms with van der Waals surface area (Å²) in [4.78, 5) is 36.3. The molecule has 0 saturated heterocycles. The maximum Gasteiger partial charge on any atom is 0.359 e. The van der Waals surface area contributed by atoms with Gasteiger partial charge in [0.1, 0.15) is 0 Å². The highest BCUT2D eigenvalue weighted by atomic mass is 16.5. The van der Waals surface area contributed by atoms with E-state index in [1.54, 1.807) is 30.3 Å². The predicted molar refractivity (Wildman–Crippen MR) is 102 cm³/mol. The third-order valence-electron chi connectivity index (χ3n) is 4.08. The second-order valence-electron chi connectivity index (χ2n) is 6.31. The van der Waals surface area contributed by atoms with E-state index in [4.69, 9.17) is 4.74 Å². The molecular formula is C20H19N3O4. The first-order chi connectivity index (χ1) is 13.0. The van der Waals surface area contributed by atoms with Gasteiger partial charge in [-0.05, 0) is 23.6 Å². The van der Waals surface area contributed by atoms with Gasteiger partial charge in [-0.2, -0.15) is 5.10 Å². The van der Waals surface area contributed by atoms with Crippen LogP contribution in [-0.4, -0.2) is 28.7 Å². The Hall–Kier alpha value is -3.48. The fourth-order valence-corrected chi connectivity index (χ4v) is 2.77. The molecule has 1 heterocycles. The molecule has 0 bridgehead atoms. The Morgan fingerprint density at radius 3 is 2.48 bits per heavy atom. The van der Waals surface area contributed by atoms with Crippen molar-refractivity contribution >= 4 is 28.3 Å². The number of hydrogen-bond donors (Lipinski definition) is 2. The number of benzene rings is 2. The summed E-state index contributed by atoms with van der Waals surface area (Å²) in [5.41, 5.74) is 1.23. The zero-order valence-electron chi connectivity index (χ0n) is 15.0. The average molecular weight is 365 g/mol. The fraction of sp³-hybridized carbons (Fsp3) is 0.200. The fourth-order valence-electron chi connectivity index (χ4n) is 2.77. The Bertz CT molecular complexity index is 1060. The highest BCUT2D eigenvalue weighted by Crippen LogP contribution is 2.23. The number of hydrogen-bond acceptors (Lipinski definition) is 5. The van der Waals surface area contributed by atoms with Gasteiger partial charge >= 0.3 is 5.97 Å². The van der Waals surface area contributed by atoms with Crippen LogP contribution >= 0.6 is 0 Å². The maximum atomic E-state index is 12.3. The molecule has 3 rings (SSSR count). The van der Waals surface area contributed by atoms with Gasteiger partial charge in [0, 0.05) is 11.1 Å². The van der Waals surface area contributed by atoms with Crippen molar-refractivity contribution in [3.05, 3.63) is 70.1 Å². The monoisotopic (exact) mass is 365 g/mol. The third kappa shape index (κ3) is 4.03. The first-order valence-electron chi connectivity index (χ1n) is 8.50. The number of esters is 1. The lowest BCUT2D eigenvalue weighted by Crippen LogP contribution is -2.23. The van der Waals surface area contributed by atoms with E-state index in [9.17, 15) is 14.4 Å². The van der Waals surface area contributed by atoms with Crippen LogP contribution in [0.15, 0.2) is 53.3 Å². The molecule has 0 spiro atoms. The Balaban J connectivity index is 1.71. The van der Waals surface area contributed by atoms with E-state index >= 15 is 0 Å². The molecule has 138 valence electrons. The van der Waals surface area contributed by atoms with E-state index in [1.807, 2.05) is 32.0 Å². The number of fused-ring (bicyclic) bond motifs is 1. The third-order valence-corrected chi connectivity index (χ3v) is 4.08. The molecule has 0 saturated carbocycles. The highest BCUT2D eigenvalue weighted by molar-refractivity contribution is 6.03. The molecule has 0 aliphatic rings. The van der Waals surface area contributed by atoms with E-state index < -0.39 is 24.0 Å². The summed E-state index contributed by atoms with van der Waals surface area (Å²) in [5, 5.41) is 9.48. The second kappa shape index (κ2) is 7.82. The number of carbonyl (C=O) groups excluding carboxylic acids is 2. The zero-order valence-corrected chi connectivity index (χ0v) is 15.0. The molecule has 0 aliphatic heterocycles. The molecular weight excluding hydrogens is 346 g/mol. The lowest BCUT2D eigenvalue weighted by molar-refractivity contribution is -0.119. The Kier molecular flexibility index (Phi) is 5.30. The number of nitrogens with zero attached hydrogens (tertiary/aromatic N) is 1. The number of rotatable bonds is 5. The van der Waals surface area contributed by atoms with Crippen LogP contribution in [-0.2, 0) is 9.53 Å². The molecule has 2 aromatic carbocycles. The standard InChI is InChI=1S/C20H19N3O4/c1-12(2)13-7-5-6-10-16(13)21-17(24)11-27-20(26)18-14-8-3-4-9-15(14)19(25)23-22-18/h3-10,12H,11H2,1-2H3,(H,21,24)(H,23,25). The quantitative estimate of drug-likeness (QED) is 0.677. The van der Waals surface area contributed by atoms with Crippen molar-refractivity contribution in [1.82, 2.24) is 10.2 Å². The highest BCUT2D eigenvalue weighted by Gasteiger charge is 2.17. The number of aromatic nitrogens is 2. The molecule has 0 atom stereocenters. The van der Waals surface area contributed by atoms with Gasteiger partial charge in [0.05, 0.1) is 5.39 Å². The van der Waals surface area contributed by atoms with Crippen LogP contribution in [0.1, 0.15) is 35.8 Å². The number of H-pyrrole nitrogens is 1. The van der Waals surface area contributed by atoms with E-state index in [0.29, 0.717) is 16.5 Å². The summed E-state index contributed by atoms with van der Waals surface area (Å²) in [6.07, 6.45) is 0. The van der Waals surface area contributed by atoms with Gasteiger partial charge in [0.2, 0.25) is 0 Å². The normalized spacial score (nSPS) is 10.8. The van der Waals surface area contributed by atoms with E-state index in [2.05, 4.69) is 15.5 Å². The minimum absolute atomic E-state index is 0.0411. The molecule has 0 unspecified atom stereocenters. The second-order valence-corrected chi connectivity index (χ2v) is 6.31. The number of aromatic amines is 1. The van der Waals surface area contributed by atoms with E-state index in [0.717, 1.165) is 5.56 Å². The molecule has 1 amide bonds. The van der Waals surface area contributed by atoms with Crippen molar-refractivity contribution < 1.29 is 14.3 Å². The molecule has 3 aromatic rings. The van der Waals surface area contributed by atoms with Crippen LogP contribution in [0.2, 0.25) is 0 Å². The van der Waals surface area contributed by atoms with Crippen molar-refractivity contribution in [1.29, 1.82) is 0 Å². The summed E-state index contributed by atoms with van der Waals surface area (Å²) in [6, 6.07) is 14.0. The first kappa shape index (κ1) is 18.3. The van der Waals surface area contributed by atoms with Crippen LogP contribution < -0.4 is 10.9 Å². The van der Waals surface area contributed by atoms with Crippen LogP contribution in [0.25, 0.3) is 10.8 Å². The van der Waals surface area contributed by atoms with Crippen LogP contribution in [0.3, 0.4) is 0 Å². The van der Waals surface area contributed by atoms with Crippen molar-refractivity contribution in [2.24, 2.45) is 0 Å². The smallest absolute Gasteiger partial charge is 0.359 e. The number of anilines is 1. The lowest BCUT2D eigenvalue weighted by Gasteiger charge is -2.13. The summed E-state index contributed by atoms with van der Waals surface area (Å²) >= 11 is 0. The number of para-hydroxylation sites is 1. The minimum Gasteiger partial charge on any atom is -0.451 e. The van der Waals surface area contributed by atoms with Crippen molar-refractivity contribution in [3.8, 4) is 0 Å². The van der Waals surface area contributed by atoms with Gasteiger partial charge in [-0.1, -0.05) is 50.2 Å². The Morgan fingerprint density at radius 2 is 1.74 bits per heavy atom. The van der Waals surface area contributed by atoms with Gasteiger partial charge in [-0.3, -0.25) is 9.59 Å².